The van der Waals surface area contributed by atoms with Gasteiger partial charge in [0, 0.05) is 0 Å². The van der Waals surface area contributed by atoms with Crippen LogP contribution in [-0.4, -0.2) is 27.0 Å². The highest BCUT2D eigenvalue weighted by Gasteiger charge is 2.19. The quantitative estimate of drug-likeness (QED) is 0.443. The zero-order chi connectivity index (χ0) is 15.6. The number of carboxylic acid groups (broad SMARTS) is 1. The van der Waals surface area contributed by atoms with Crippen LogP contribution in [0.25, 0.3) is 0 Å². The van der Waals surface area contributed by atoms with Gasteiger partial charge in [-0.15, -0.1) is 0 Å². The number of aromatic carboxylic acids is 1. The Morgan fingerprint density at radius 2 is 1.95 bits per heavy atom. The monoisotopic (exact) mass is 292 g/mol. The zero-order valence-electron chi connectivity index (χ0n) is 10.3. The summed E-state index contributed by atoms with van der Waals surface area (Å²) in [6.07, 6.45) is 0. The smallest absolute Gasteiger partial charge is 0.433 e. The molecule has 0 bridgehead atoms. The molecule has 0 radical (unpaired) electrons. The molecule has 0 atom stereocenters. The van der Waals surface area contributed by atoms with E-state index in [4.69, 9.17) is 9.52 Å². The number of rotatable bonds is 4. The lowest BCUT2D eigenvalue weighted by Gasteiger charge is -2.07. The van der Waals surface area contributed by atoms with Gasteiger partial charge in [0.2, 0.25) is 0 Å². The van der Waals surface area contributed by atoms with Crippen molar-refractivity contribution in [3.8, 4) is 5.75 Å². The Balaban J connectivity index is 2.27. The summed E-state index contributed by atoms with van der Waals surface area (Å²) in [4.78, 5) is 32.5. The highest BCUT2D eigenvalue weighted by atomic mass is 16.6. The fourth-order valence-electron chi connectivity index (χ4n) is 1.55. The highest BCUT2D eigenvalue weighted by molar-refractivity contribution is 6.06. The number of nitro groups is 1. The molecule has 1 amide bonds. The molecule has 0 aliphatic carbocycles. The van der Waals surface area contributed by atoms with Gasteiger partial charge in [0.1, 0.15) is 10.7 Å². The number of carbonyl (C=O) groups is 2. The fourth-order valence-corrected chi connectivity index (χ4v) is 1.55. The maximum atomic E-state index is 11.8. The van der Waals surface area contributed by atoms with Crippen molar-refractivity contribution in [2.75, 3.05) is 5.32 Å². The van der Waals surface area contributed by atoms with Gasteiger partial charge in [0.25, 0.3) is 5.91 Å². The average molecular weight is 292 g/mol. The third kappa shape index (κ3) is 2.97. The molecule has 9 heteroatoms. The van der Waals surface area contributed by atoms with E-state index in [1.165, 1.54) is 12.1 Å². The van der Waals surface area contributed by atoms with E-state index >= 15 is 0 Å². The Labute approximate surface area is 116 Å². The minimum atomic E-state index is -1.35. The van der Waals surface area contributed by atoms with Crippen LogP contribution in [0.4, 0.5) is 11.6 Å². The minimum Gasteiger partial charge on any atom is -0.508 e. The first-order chi connectivity index (χ1) is 9.88. The zero-order valence-corrected chi connectivity index (χ0v) is 10.3. The van der Waals surface area contributed by atoms with E-state index in [0.29, 0.717) is 0 Å². The molecule has 0 aliphatic rings. The second-order valence-corrected chi connectivity index (χ2v) is 3.88. The Bertz CT molecular complexity index is 735. The number of nitrogens with one attached hydrogen (secondary N) is 1. The first-order valence-corrected chi connectivity index (χ1v) is 5.50. The average Bonchev–Trinajstić information content (AvgIpc) is 2.90. The number of furan rings is 1. The van der Waals surface area contributed by atoms with Gasteiger partial charge in [-0.1, -0.05) is 0 Å². The lowest BCUT2D eigenvalue weighted by Crippen LogP contribution is -2.14. The van der Waals surface area contributed by atoms with E-state index in [-0.39, 0.29) is 22.8 Å². The normalized spacial score (nSPS) is 10.1. The predicted octanol–water partition coefficient (Wildman–Crippen LogP) is 1.84. The van der Waals surface area contributed by atoms with Crippen LogP contribution in [0.2, 0.25) is 0 Å². The Morgan fingerprint density at radius 3 is 2.52 bits per heavy atom. The van der Waals surface area contributed by atoms with E-state index in [9.17, 15) is 24.8 Å². The van der Waals surface area contributed by atoms with Gasteiger partial charge >= 0.3 is 11.9 Å². The van der Waals surface area contributed by atoms with Crippen LogP contribution >= 0.6 is 0 Å². The third-order valence-electron chi connectivity index (χ3n) is 2.48. The molecule has 3 N–H and O–H groups in total. The summed E-state index contributed by atoms with van der Waals surface area (Å²) < 4.78 is 4.70. The van der Waals surface area contributed by atoms with Gasteiger partial charge in [0.15, 0.2) is 5.76 Å². The van der Waals surface area contributed by atoms with Crippen molar-refractivity contribution >= 4 is 23.4 Å². The van der Waals surface area contributed by atoms with Crippen LogP contribution in [0, 0.1) is 10.1 Å². The Morgan fingerprint density at radius 1 is 1.24 bits per heavy atom. The summed E-state index contributed by atoms with van der Waals surface area (Å²) in [5.74, 6) is -3.43. The van der Waals surface area contributed by atoms with E-state index in [0.717, 1.165) is 18.2 Å². The summed E-state index contributed by atoms with van der Waals surface area (Å²) in [7, 11) is 0. The number of benzene rings is 1. The Hall–Kier alpha value is -3.36. The second kappa shape index (κ2) is 5.33. The van der Waals surface area contributed by atoms with Crippen molar-refractivity contribution in [2.24, 2.45) is 0 Å². The van der Waals surface area contributed by atoms with Crippen molar-refractivity contribution < 1.29 is 29.1 Å². The SMILES string of the molecule is O=C(Nc1ccc(O)cc1C(=O)O)c1ccc([N+](=O)[O-])o1. The molecule has 108 valence electrons. The Kier molecular flexibility index (Phi) is 3.57. The lowest BCUT2D eigenvalue weighted by atomic mass is 10.1. The van der Waals surface area contributed by atoms with Gasteiger partial charge in [-0.05, 0) is 24.3 Å². The molecule has 0 saturated heterocycles. The molecule has 0 aliphatic heterocycles. The number of phenolic OH excluding ortho intramolecular Hbond substituents is 1. The number of nitrogens with zero attached hydrogens (tertiary/aromatic N) is 1. The van der Waals surface area contributed by atoms with Crippen molar-refractivity contribution in [1.29, 1.82) is 0 Å². The number of phenols is 1. The second-order valence-electron chi connectivity index (χ2n) is 3.88. The number of amides is 1. The van der Waals surface area contributed by atoms with Gasteiger partial charge in [-0.3, -0.25) is 14.9 Å². The first-order valence-electron chi connectivity index (χ1n) is 5.50. The van der Waals surface area contributed by atoms with Crippen molar-refractivity contribution in [3.05, 3.63) is 51.8 Å². The molecule has 1 aromatic heterocycles. The maximum absolute atomic E-state index is 11.8. The summed E-state index contributed by atoms with van der Waals surface area (Å²) in [5, 5.41) is 30.9. The molecule has 2 rings (SSSR count). The number of carbonyl (C=O) groups excluding carboxylic acids is 1. The van der Waals surface area contributed by atoms with Crippen LogP contribution in [0.15, 0.2) is 34.7 Å². The molecule has 0 unspecified atom stereocenters. The van der Waals surface area contributed by atoms with Gasteiger partial charge in [-0.25, -0.2) is 4.79 Å². The maximum Gasteiger partial charge on any atom is 0.433 e. The molecule has 1 heterocycles. The molecular formula is C12H8N2O7. The summed E-state index contributed by atoms with van der Waals surface area (Å²) in [6, 6.07) is 5.43. The molecular weight excluding hydrogens is 284 g/mol. The van der Waals surface area contributed by atoms with Crippen LogP contribution in [-0.2, 0) is 0 Å². The lowest BCUT2D eigenvalue weighted by molar-refractivity contribution is -0.402. The summed E-state index contributed by atoms with van der Waals surface area (Å²) in [6.45, 7) is 0. The molecule has 0 saturated carbocycles. The van der Waals surface area contributed by atoms with Crippen LogP contribution in [0.5, 0.6) is 5.75 Å². The third-order valence-corrected chi connectivity index (χ3v) is 2.48. The van der Waals surface area contributed by atoms with E-state index in [2.05, 4.69) is 5.32 Å². The van der Waals surface area contributed by atoms with Gasteiger partial charge < -0.3 is 19.9 Å². The molecule has 9 nitrogen and oxygen atoms in total. The summed E-state index contributed by atoms with van der Waals surface area (Å²) >= 11 is 0. The highest BCUT2D eigenvalue weighted by Crippen LogP contribution is 2.23. The molecule has 0 fully saturated rings. The predicted molar refractivity (Wildman–Crippen MR) is 68.4 cm³/mol. The van der Waals surface area contributed by atoms with Gasteiger partial charge in [0.05, 0.1) is 17.3 Å². The van der Waals surface area contributed by atoms with Crippen molar-refractivity contribution in [3.63, 3.8) is 0 Å². The van der Waals surface area contributed by atoms with Crippen LogP contribution in [0.3, 0.4) is 0 Å². The van der Waals surface area contributed by atoms with Crippen LogP contribution in [0.1, 0.15) is 20.9 Å². The molecule has 2 aromatic rings. The standard InChI is InChI=1S/C12H8N2O7/c15-6-1-2-8(7(5-6)12(17)18)13-11(16)9-3-4-10(21-9)14(19)20/h1-5,15H,(H,13,16)(H,17,18). The topological polar surface area (TPSA) is 143 Å². The molecule has 1 aromatic carbocycles. The molecule has 0 spiro atoms. The molecule has 21 heavy (non-hydrogen) atoms. The van der Waals surface area contributed by atoms with Crippen LogP contribution < -0.4 is 5.32 Å². The number of hydrogen-bond donors (Lipinski definition) is 3. The number of anilines is 1. The fraction of sp³-hybridized carbons (Fsp3) is 0. The summed E-state index contributed by atoms with van der Waals surface area (Å²) in [5.41, 5.74) is -0.409. The largest absolute Gasteiger partial charge is 0.508 e. The van der Waals surface area contributed by atoms with Crippen molar-refractivity contribution in [1.82, 2.24) is 0 Å². The van der Waals surface area contributed by atoms with E-state index < -0.39 is 22.7 Å². The number of aromatic hydroxyl groups is 1. The van der Waals surface area contributed by atoms with E-state index in [1.807, 2.05) is 0 Å². The first kappa shape index (κ1) is 14.1. The van der Waals surface area contributed by atoms with E-state index in [1.54, 1.807) is 0 Å². The number of carboxylic acids is 1. The minimum absolute atomic E-state index is 0.0793. The number of hydrogen-bond acceptors (Lipinski definition) is 6. The van der Waals surface area contributed by atoms with Gasteiger partial charge in [-0.2, -0.15) is 0 Å². The van der Waals surface area contributed by atoms with Crippen molar-refractivity contribution in [2.45, 2.75) is 0 Å².